The van der Waals surface area contributed by atoms with Gasteiger partial charge in [-0.25, -0.2) is 0 Å². The van der Waals surface area contributed by atoms with Crippen LogP contribution in [-0.4, -0.2) is 10.9 Å². The molecule has 0 aliphatic rings. The molecule has 0 aromatic heterocycles. The highest BCUT2D eigenvalue weighted by atomic mass is 16.3. The van der Waals surface area contributed by atoms with Crippen LogP contribution in [0.4, 0.5) is 0 Å². The first-order valence-corrected chi connectivity index (χ1v) is 5.23. The summed E-state index contributed by atoms with van der Waals surface area (Å²) in [5, 5.41) is 9.82. The lowest BCUT2D eigenvalue weighted by Crippen LogP contribution is -2.16. The van der Waals surface area contributed by atoms with Crippen molar-refractivity contribution in [1.82, 2.24) is 0 Å². The van der Waals surface area contributed by atoms with Gasteiger partial charge < -0.3 is 5.11 Å². The molecule has 15 heavy (non-hydrogen) atoms. The summed E-state index contributed by atoms with van der Waals surface area (Å²) in [5.41, 5.74) is 1.68. The molecule has 0 unspecified atom stereocenters. The lowest BCUT2D eigenvalue weighted by atomic mass is 9.93. The normalized spacial score (nSPS) is 11.5. The molecule has 1 aromatic rings. The van der Waals surface area contributed by atoms with Crippen LogP contribution in [-0.2, 0) is 5.60 Å². The first-order valence-electron chi connectivity index (χ1n) is 5.23. The lowest BCUT2D eigenvalue weighted by Gasteiger charge is -2.19. The Kier molecular flexibility index (Phi) is 3.30. The van der Waals surface area contributed by atoms with Crippen molar-refractivity contribution in [3.05, 3.63) is 34.9 Å². The van der Waals surface area contributed by atoms with E-state index in [0.29, 0.717) is 6.42 Å². The topological polar surface area (TPSA) is 37.3 Å². The van der Waals surface area contributed by atoms with Crippen LogP contribution in [0.2, 0.25) is 0 Å². The summed E-state index contributed by atoms with van der Waals surface area (Å²) >= 11 is 0. The Morgan fingerprint density at radius 2 is 2.00 bits per heavy atom. The third-order valence-electron chi connectivity index (χ3n) is 2.55. The average Bonchev–Trinajstić information content (AvgIpc) is 2.15. The van der Waals surface area contributed by atoms with Crippen molar-refractivity contribution in [3.8, 4) is 0 Å². The first-order chi connectivity index (χ1) is 6.86. The standard InChI is InChI=1S/C13H18O2/c1-5-12(14)11-7-6-10(8-9(11)2)13(3,4)15/h6-8,15H,5H2,1-4H3. The van der Waals surface area contributed by atoms with Gasteiger partial charge in [0.05, 0.1) is 5.60 Å². The Morgan fingerprint density at radius 1 is 1.40 bits per heavy atom. The van der Waals surface area contributed by atoms with E-state index in [1.54, 1.807) is 19.9 Å². The molecule has 0 bridgehead atoms. The molecular weight excluding hydrogens is 188 g/mol. The maximum atomic E-state index is 11.5. The largest absolute Gasteiger partial charge is 0.386 e. The number of hydrogen-bond donors (Lipinski definition) is 1. The molecule has 0 heterocycles. The number of benzene rings is 1. The number of aliphatic hydroxyl groups is 1. The van der Waals surface area contributed by atoms with Gasteiger partial charge in [-0.2, -0.15) is 0 Å². The second-order valence-corrected chi connectivity index (χ2v) is 4.37. The Labute approximate surface area is 90.9 Å². The molecule has 0 amide bonds. The van der Waals surface area contributed by atoms with Crippen LogP contribution in [0.15, 0.2) is 18.2 Å². The van der Waals surface area contributed by atoms with Crippen LogP contribution < -0.4 is 0 Å². The predicted molar refractivity (Wildman–Crippen MR) is 61.0 cm³/mol. The van der Waals surface area contributed by atoms with Gasteiger partial charge in [0.25, 0.3) is 0 Å². The molecule has 0 fully saturated rings. The molecule has 0 saturated heterocycles. The summed E-state index contributed by atoms with van der Waals surface area (Å²) in [6.45, 7) is 7.23. The number of carbonyl (C=O) groups excluding carboxylic acids is 1. The van der Waals surface area contributed by atoms with E-state index in [1.807, 2.05) is 26.0 Å². The zero-order chi connectivity index (χ0) is 11.6. The van der Waals surface area contributed by atoms with E-state index in [2.05, 4.69) is 0 Å². The van der Waals surface area contributed by atoms with Gasteiger partial charge in [-0.1, -0.05) is 25.1 Å². The van der Waals surface area contributed by atoms with Gasteiger partial charge in [-0.15, -0.1) is 0 Å². The minimum atomic E-state index is -0.849. The Hall–Kier alpha value is -1.15. The summed E-state index contributed by atoms with van der Waals surface area (Å²) in [6.07, 6.45) is 0.517. The van der Waals surface area contributed by atoms with E-state index in [0.717, 1.165) is 16.7 Å². The second-order valence-electron chi connectivity index (χ2n) is 4.37. The molecule has 2 heteroatoms. The molecule has 0 aliphatic carbocycles. The van der Waals surface area contributed by atoms with Crippen LogP contribution in [0.25, 0.3) is 0 Å². The number of aryl methyl sites for hydroxylation is 1. The number of hydrogen-bond acceptors (Lipinski definition) is 2. The lowest BCUT2D eigenvalue weighted by molar-refractivity contribution is 0.0784. The van der Waals surface area contributed by atoms with Crippen molar-refractivity contribution in [2.45, 2.75) is 39.7 Å². The molecule has 1 N–H and O–H groups in total. The van der Waals surface area contributed by atoms with E-state index in [9.17, 15) is 9.90 Å². The van der Waals surface area contributed by atoms with E-state index >= 15 is 0 Å². The quantitative estimate of drug-likeness (QED) is 0.772. The molecule has 0 spiro atoms. The smallest absolute Gasteiger partial charge is 0.162 e. The highest BCUT2D eigenvalue weighted by Gasteiger charge is 2.17. The van der Waals surface area contributed by atoms with Crippen molar-refractivity contribution in [2.75, 3.05) is 0 Å². The average molecular weight is 206 g/mol. The van der Waals surface area contributed by atoms with Gasteiger partial charge in [0.2, 0.25) is 0 Å². The molecule has 0 saturated carbocycles. The number of Topliss-reactive ketones (excluding diaryl/α,β-unsaturated/α-hetero) is 1. The van der Waals surface area contributed by atoms with Crippen LogP contribution in [0.3, 0.4) is 0 Å². The molecule has 1 aromatic carbocycles. The Balaban J connectivity index is 3.15. The molecule has 0 atom stereocenters. The third kappa shape index (κ3) is 2.66. The van der Waals surface area contributed by atoms with Crippen LogP contribution >= 0.6 is 0 Å². The monoisotopic (exact) mass is 206 g/mol. The molecule has 82 valence electrons. The summed E-state index contributed by atoms with van der Waals surface area (Å²) in [6, 6.07) is 5.49. The highest BCUT2D eigenvalue weighted by molar-refractivity contribution is 5.97. The minimum absolute atomic E-state index is 0.148. The summed E-state index contributed by atoms with van der Waals surface area (Å²) < 4.78 is 0. The number of rotatable bonds is 3. The van der Waals surface area contributed by atoms with Gasteiger partial charge in [0, 0.05) is 12.0 Å². The minimum Gasteiger partial charge on any atom is -0.386 e. The van der Waals surface area contributed by atoms with E-state index in [-0.39, 0.29) is 5.78 Å². The first kappa shape index (κ1) is 11.9. The van der Waals surface area contributed by atoms with Crippen LogP contribution in [0.5, 0.6) is 0 Å². The van der Waals surface area contributed by atoms with Gasteiger partial charge in [0.1, 0.15) is 0 Å². The molecular formula is C13H18O2. The molecule has 2 nitrogen and oxygen atoms in total. The van der Waals surface area contributed by atoms with Gasteiger partial charge in [0.15, 0.2) is 5.78 Å². The van der Waals surface area contributed by atoms with Crippen LogP contribution in [0.1, 0.15) is 48.7 Å². The fourth-order valence-corrected chi connectivity index (χ4v) is 1.55. The summed E-state index contributed by atoms with van der Waals surface area (Å²) in [4.78, 5) is 11.5. The summed E-state index contributed by atoms with van der Waals surface area (Å²) in [5.74, 6) is 0.148. The van der Waals surface area contributed by atoms with E-state index < -0.39 is 5.60 Å². The SMILES string of the molecule is CCC(=O)c1ccc(C(C)(C)O)cc1C. The van der Waals surface area contributed by atoms with Gasteiger partial charge in [-0.3, -0.25) is 4.79 Å². The molecule has 0 aliphatic heterocycles. The fraction of sp³-hybridized carbons (Fsp3) is 0.462. The van der Waals surface area contributed by atoms with Gasteiger partial charge in [-0.05, 0) is 31.9 Å². The predicted octanol–water partition coefficient (Wildman–Crippen LogP) is 2.82. The molecule has 1 rings (SSSR count). The Bertz CT molecular complexity index is 373. The zero-order valence-electron chi connectivity index (χ0n) is 9.79. The van der Waals surface area contributed by atoms with Crippen molar-refractivity contribution in [1.29, 1.82) is 0 Å². The van der Waals surface area contributed by atoms with Crippen molar-refractivity contribution in [2.24, 2.45) is 0 Å². The van der Waals surface area contributed by atoms with Crippen molar-refractivity contribution < 1.29 is 9.90 Å². The van der Waals surface area contributed by atoms with E-state index in [4.69, 9.17) is 0 Å². The summed E-state index contributed by atoms with van der Waals surface area (Å²) in [7, 11) is 0. The fourth-order valence-electron chi connectivity index (χ4n) is 1.55. The zero-order valence-corrected chi connectivity index (χ0v) is 9.79. The van der Waals surface area contributed by atoms with Crippen molar-refractivity contribution >= 4 is 5.78 Å². The van der Waals surface area contributed by atoms with Gasteiger partial charge >= 0.3 is 0 Å². The third-order valence-corrected chi connectivity index (χ3v) is 2.55. The highest BCUT2D eigenvalue weighted by Crippen LogP contribution is 2.22. The van der Waals surface area contributed by atoms with Crippen molar-refractivity contribution in [3.63, 3.8) is 0 Å². The molecule has 0 radical (unpaired) electrons. The number of ketones is 1. The maximum absolute atomic E-state index is 11.5. The number of carbonyl (C=O) groups is 1. The Morgan fingerprint density at radius 3 is 2.40 bits per heavy atom. The van der Waals surface area contributed by atoms with E-state index in [1.165, 1.54) is 0 Å². The maximum Gasteiger partial charge on any atom is 0.162 e. The van der Waals surface area contributed by atoms with Crippen LogP contribution in [0, 0.1) is 6.92 Å². The second kappa shape index (κ2) is 4.15.